The van der Waals surface area contributed by atoms with Gasteiger partial charge in [0, 0.05) is 25.1 Å². The molecule has 18 heavy (non-hydrogen) atoms. The number of rotatable bonds is 1. The Morgan fingerprint density at radius 3 is 3.00 bits per heavy atom. The molecule has 100 valence electrons. The lowest BCUT2D eigenvalue weighted by Crippen LogP contribution is -2.44. The Balaban J connectivity index is 1.85. The fourth-order valence-corrected chi connectivity index (χ4v) is 3.13. The van der Waals surface area contributed by atoms with E-state index in [0.717, 1.165) is 26.1 Å². The third-order valence-corrected chi connectivity index (χ3v) is 3.92. The van der Waals surface area contributed by atoms with Gasteiger partial charge in [-0.1, -0.05) is 20.8 Å². The molecule has 1 aromatic rings. The highest BCUT2D eigenvalue weighted by Gasteiger charge is 2.32. The zero-order valence-corrected chi connectivity index (χ0v) is 11.7. The molecule has 4 nitrogen and oxygen atoms in total. The van der Waals surface area contributed by atoms with E-state index >= 15 is 0 Å². The first kappa shape index (κ1) is 12.0. The molecule has 0 aliphatic carbocycles. The molecule has 0 aromatic carbocycles. The second kappa shape index (κ2) is 4.26. The van der Waals surface area contributed by atoms with Crippen molar-refractivity contribution in [2.75, 3.05) is 25.0 Å². The van der Waals surface area contributed by atoms with E-state index in [1.165, 1.54) is 17.9 Å². The minimum Gasteiger partial charge on any atom is -0.370 e. The summed E-state index contributed by atoms with van der Waals surface area (Å²) >= 11 is 0. The molecule has 4 heteroatoms. The van der Waals surface area contributed by atoms with Crippen molar-refractivity contribution < 1.29 is 0 Å². The number of hydrogen-bond donors (Lipinski definition) is 2. The van der Waals surface area contributed by atoms with Crippen LogP contribution in [-0.4, -0.2) is 29.4 Å². The molecule has 1 saturated heterocycles. The Kier molecular flexibility index (Phi) is 2.85. The van der Waals surface area contributed by atoms with Gasteiger partial charge in [-0.05, 0) is 24.8 Å². The van der Waals surface area contributed by atoms with Crippen molar-refractivity contribution in [3.8, 4) is 0 Å². The van der Waals surface area contributed by atoms with E-state index in [9.17, 15) is 0 Å². The first-order chi connectivity index (χ1) is 8.53. The predicted molar refractivity (Wildman–Crippen MR) is 73.9 cm³/mol. The van der Waals surface area contributed by atoms with Crippen LogP contribution in [0.2, 0.25) is 0 Å². The van der Waals surface area contributed by atoms with Crippen LogP contribution in [0, 0.1) is 11.3 Å². The molecule has 0 bridgehead atoms. The van der Waals surface area contributed by atoms with Crippen molar-refractivity contribution in [2.24, 2.45) is 11.3 Å². The summed E-state index contributed by atoms with van der Waals surface area (Å²) in [6, 6.07) is 2.83. The van der Waals surface area contributed by atoms with Gasteiger partial charge in [0.2, 0.25) is 0 Å². The Bertz CT molecular complexity index is 429. The van der Waals surface area contributed by atoms with Gasteiger partial charge >= 0.3 is 0 Å². The van der Waals surface area contributed by atoms with Gasteiger partial charge in [-0.15, -0.1) is 0 Å². The van der Waals surface area contributed by atoms with Crippen LogP contribution in [0.1, 0.15) is 38.9 Å². The molecule has 0 saturated carbocycles. The summed E-state index contributed by atoms with van der Waals surface area (Å²) in [4.78, 5) is 0. The fourth-order valence-electron chi connectivity index (χ4n) is 3.13. The summed E-state index contributed by atoms with van der Waals surface area (Å²) in [6.07, 6.45) is 2.25. The van der Waals surface area contributed by atoms with E-state index in [2.05, 4.69) is 42.2 Å². The summed E-state index contributed by atoms with van der Waals surface area (Å²) in [6.45, 7) is 10.1. The van der Waals surface area contributed by atoms with Crippen LogP contribution in [0.15, 0.2) is 6.07 Å². The highest BCUT2D eigenvalue weighted by molar-refractivity contribution is 5.40. The number of piperidine rings is 1. The summed E-state index contributed by atoms with van der Waals surface area (Å²) in [5.41, 5.74) is 1.53. The highest BCUT2D eigenvalue weighted by Crippen LogP contribution is 2.33. The number of hydrogen-bond acceptors (Lipinski definition) is 3. The monoisotopic (exact) mass is 248 g/mol. The van der Waals surface area contributed by atoms with Crippen molar-refractivity contribution in [1.82, 2.24) is 15.1 Å². The number of fused-ring (bicyclic) bond motifs is 3. The molecular weight excluding hydrogens is 224 g/mol. The molecule has 3 rings (SSSR count). The van der Waals surface area contributed by atoms with Crippen LogP contribution in [0.5, 0.6) is 0 Å². The quantitative estimate of drug-likeness (QED) is 0.799. The predicted octanol–water partition coefficient (Wildman–Crippen LogP) is 2.05. The summed E-state index contributed by atoms with van der Waals surface area (Å²) in [5, 5.41) is 11.9. The third-order valence-electron chi connectivity index (χ3n) is 3.92. The van der Waals surface area contributed by atoms with E-state index in [1.54, 1.807) is 0 Å². The molecule has 2 aliphatic heterocycles. The minimum absolute atomic E-state index is 0.304. The van der Waals surface area contributed by atoms with Crippen LogP contribution in [0.4, 0.5) is 5.82 Å². The Morgan fingerprint density at radius 1 is 1.39 bits per heavy atom. The smallest absolute Gasteiger partial charge is 0.124 e. The maximum absolute atomic E-state index is 4.85. The van der Waals surface area contributed by atoms with Crippen molar-refractivity contribution in [2.45, 2.75) is 39.7 Å². The van der Waals surface area contributed by atoms with Crippen molar-refractivity contribution >= 4 is 5.82 Å². The molecule has 2 aliphatic rings. The zero-order valence-electron chi connectivity index (χ0n) is 11.7. The Hall–Kier alpha value is -1.03. The van der Waals surface area contributed by atoms with Crippen LogP contribution >= 0.6 is 0 Å². The topological polar surface area (TPSA) is 41.9 Å². The van der Waals surface area contributed by atoms with Crippen LogP contribution in [-0.2, 0) is 6.42 Å². The van der Waals surface area contributed by atoms with Gasteiger partial charge in [0.1, 0.15) is 5.82 Å². The summed E-state index contributed by atoms with van der Waals surface area (Å²) < 4.78 is 2.25. The molecule has 0 spiro atoms. The molecule has 0 amide bonds. The van der Waals surface area contributed by atoms with Gasteiger partial charge in [-0.3, -0.25) is 0 Å². The molecule has 2 unspecified atom stereocenters. The van der Waals surface area contributed by atoms with E-state index < -0.39 is 0 Å². The molecule has 0 radical (unpaired) electrons. The SMILES string of the molecule is CC(C)(C)Cc1cc2n(n1)C1CCNCC1CN2. The van der Waals surface area contributed by atoms with Gasteiger partial charge in [0.25, 0.3) is 0 Å². The summed E-state index contributed by atoms with van der Waals surface area (Å²) in [7, 11) is 0. The lowest BCUT2D eigenvalue weighted by atomic mass is 9.90. The van der Waals surface area contributed by atoms with E-state index in [-0.39, 0.29) is 0 Å². The Morgan fingerprint density at radius 2 is 2.22 bits per heavy atom. The second-order valence-corrected chi connectivity index (χ2v) is 6.90. The van der Waals surface area contributed by atoms with Crippen LogP contribution < -0.4 is 10.6 Å². The van der Waals surface area contributed by atoms with Crippen LogP contribution in [0.3, 0.4) is 0 Å². The molecule has 1 fully saturated rings. The normalized spacial score (nSPS) is 27.3. The molecular formula is C14H24N4. The zero-order chi connectivity index (χ0) is 12.8. The number of anilines is 1. The standard InChI is InChI=1S/C14H24N4/c1-14(2,3)7-11-6-13-16-9-10-8-15-5-4-12(10)18(13)17-11/h6,10,12,15-16H,4-5,7-9H2,1-3H3. The maximum Gasteiger partial charge on any atom is 0.124 e. The van der Waals surface area contributed by atoms with Gasteiger partial charge in [0.05, 0.1) is 11.7 Å². The largest absolute Gasteiger partial charge is 0.370 e. The molecule has 1 aromatic heterocycles. The third kappa shape index (κ3) is 2.26. The first-order valence-corrected chi connectivity index (χ1v) is 7.06. The van der Waals surface area contributed by atoms with Crippen molar-refractivity contribution in [3.63, 3.8) is 0 Å². The average Bonchev–Trinajstić information content (AvgIpc) is 2.69. The van der Waals surface area contributed by atoms with Gasteiger partial charge in [-0.2, -0.15) is 5.10 Å². The number of nitrogens with one attached hydrogen (secondary N) is 2. The second-order valence-electron chi connectivity index (χ2n) is 6.90. The van der Waals surface area contributed by atoms with Crippen molar-refractivity contribution in [3.05, 3.63) is 11.8 Å². The van der Waals surface area contributed by atoms with Crippen LogP contribution in [0.25, 0.3) is 0 Å². The van der Waals surface area contributed by atoms with Gasteiger partial charge in [0.15, 0.2) is 0 Å². The van der Waals surface area contributed by atoms with E-state index in [1.807, 2.05) is 0 Å². The lowest BCUT2D eigenvalue weighted by molar-refractivity contribution is 0.236. The molecule has 3 heterocycles. The first-order valence-electron chi connectivity index (χ1n) is 7.06. The maximum atomic E-state index is 4.85. The highest BCUT2D eigenvalue weighted by atomic mass is 15.4. The number of aromatic nitrogens is 2. The number of nitrogens with zero attached hydrogens (tertiary/aromatic N) is 2. The lowest BCUT2D eigenvalue weighted by Gasteiger charge is -2.37. The fraction of sp³-hybridized carbons (Fsp3) is 0.786. The minimum atomic E-state index is 0.304. The summed E-state index contributed by atoms with van der Waals surface area (Å²) in [5.74, 6) is 1.91. The van der Waals surface area contributed by atoms with Gasteiger partial charge < -0.3 is 10.6 Å². The van der Waals surface area contributed by atoms with Gasteiger partial charge in [-0.25, -0.2) is 4.68 Å². The Labute approximate surface area is 109 Å². The van der Waals surface area contributed by atoms with Crippen molar-refractivity contribution in [1.29, 1.82) is 0 Å². The molecule has 2 atom stereocenters. The molecule has 2 N–H and O–H groups in total. The van der Waals surface area contributed by atoms with E-state index in [0.29, 0.717) is 17.4 Å². The van der Waals surface area contributed by atoms with E-state index in [4.69, 9.17) is 5.10 Å². The average molecular weight is 248 g/mol.